The van der Waals surface area contributed by atoms with E-state index in [1.54, 1.807) is 0 Å². The van der Waals surface area contributed by atoms with Gasteiger partial charge in [0.25, 0.3) is 15.5 Å². The highest BCUT2D eigenvalue weighted by Crippen LogP contribution is 2.29. The zero-order chi connectivity index (χ0) is 12.5. The zero-order valence-electron chi connectivity index (χ0n) is 7.29. The van der Waals surface area contributed by atoms with Crippen LogP contribution in [0.1, 0.15) is 17.6 Å². The van der Waals surface area contributed by atoms with E-state index in [1.165, 1.54) is 28.7 Å². The van der Waals surface area contributed by atoms with Gasteiger partial charge in [-0.15, -0.1) is 0 Å². The number of hydrogen-bond donors (Lipinski definition) is 0. The average Bonchev–Trinajstić information content (AvgIpc) is 2.14. The maximum absolute atomic E-state index is 12.4. The van der Waals surface area contributed by atoms with Crippen molar-refractivity contribution in [3.8, 4) is 6.07 Å². The Balaban J connectivity index is 3.61. The standard InChI is InChI=1S/C7H2ClF2IN2O2S/c8-16(14,15)7-5(11)3(1-12)4(2-13-7)6(9)10/h2,6H. The van der Waals surface area contributed by atoms with Crippen LogP contribution in [0.25, 0.3) is 0 Å². The van der Waals surface area contributed by atoms with Gasteiger partial charge in [0.15, 0.2) is 5.03 Å². The number of rotatable bonds is 2. The van der Waals surface area contributed by atoms with E-state index in [0.29, 0.717) is 6.20 Å². The van der Waals surface area contributed by atoms with Gasteiger partial charge in [0.05, 0.1) is 14.7 Å². The first kappa shape index (κ1) is 13.5. The van der Waals surface area contributed by atoms with E-state index in [-0.39, 0.29) is 3.57 Å². The minimum Gasteiger partial charge on any atom is -0.242 e. The monoisotopic (exact) mass is 378 g/mol. The molecule has 1 rings (SSSR count). The SMILES string of the molecule is N#Cc1c(C(F)F)cnc(S(=O)(=O)Cl)c1I. The lowest BCUT2D eigenvalue weighted by Gasteiger charge is -2.06. The van der Waals surface area contributed by atoms with Gasteiger partial charge in [-0.2, -0.15) is 5.26 Å². The Morgan fingerprint density at radius 2 is 2.12 bits per heavy atom. The maximum Gasteiger partial charge on any atom is 0.279 e. The first-order valence-corrected chi connectivity index (χ1v) is 6.99. The molecule has 0 aromatic carbocycles. The second kappa shape index (κ2) is 4.77. The van der Waals surface area contributed by atoms with Crippen LogP contribution >= 0.6 is 33.3 Å². The van der Waals surface area contributed by atoms with Crippen LogP contribution in [0.3, 0.4) is 0 Å². The number of nitrogens with zero attached hydrogens (tertiary/aromatic N) is 2. The van der Waals surface area contributed by atoms with Crippen LogP contribution in [0, 0.1) is 14.9 Å². The summed E-state index contributed by atoms with van der Waals surface area (Å²) in [5.41, 5.74) is -1.04. The van der Waals surface area contributed by atoms with Crippen molar-refractivity contribution in [2.75, 3.05) is 0 Å². The van der Waals surface area contributed by atoms with Gasteiger partial charge in [0.2, 0.25) is 0 Å². The molecule has 9 heteroatoms. The van der Waals surface area contributed by atoms with Crippen molar-refractivity contribution < 1.29 is 17.2 Å². The Labute approximate surface area is 108 Å². The van der Waals surface area contributed by atoms with Crippen LogP contribution in [-0.2, 0) is 9.05 Å². The molecule has 0 radical (unpaired) electrons. The summed E-state index contributed by atoms with van der Waals surface area (Å²) in [5, 5.41) is 8.10. The predicted octanol–water partition coefficient (Wildman–Crippen LogP) is 2.42. The first-order valence-electron chi connectivity index (χ1n) is 3.60. The lowest BCUT2D eigenvalue weighted by molar-refractivity contribution is 0.150. The van der Waals surface area contributed by atoms with Gasteiger partial charge >= 0.3 is 0 Å². The van der Waals surface area contributed by atoms with Crippen molar-refractivity contribution in [3.63, 3.8) is 0 Å². The Bertz CT molecular complexity index is 570. The summed E-state index contributed by atoms with van der Waals surface area (Å²) < 4.78 is 46.7. The molecule has 16 heavy (non-hydrogen) atoms. The fourth-order valence-corrected chi connectivity index (χ4v) is 3.61. The number of hydrogen-bond acceptors (Lipinski definition) is 4. The quantitative estimate of drug-likeness (QED) is 0.585. The third-order valence-corrected chi connectivity index (χ3v) is 4.22. The zero-order valence-corrected chi connectivity index (χ0v) is 11.0. The van der Waals surface area contributed by atoms with Crippen LogP contribution in [0.2, 0.25) is 0 Å². The Morgan fingerprint density at radius 3 is 2.50 bits per heavy atom. The molecule has 0 unspecified atom stereocenters. The summed E-state index contributed by atoms with van der Waals surface area (Å²) in [7, 11) is 0.882. The van der Waals surface area contributed by atoms with E-state index in [1.807, 2.05) is 0 Å². The second-order valence-electron chi connectivity index (χ2n) is 2.56. The normalized spacial score (nSPS) is 11.5. The molecule has 0 bridgehead atoms. The molecular formula is C7H2ClF2IN2O2S. The largest absolute Gasteiger partial charge is 0.279 e. The maximum atomic E-state index is 12.4. The number of aromatic nitrogens is 1. The van der Waals surface area contributed by atoms with E-state index >= 15 is 0 Å². The van der Waals surface area contributed by atoms with E-state index < -0.39 is 31.6 Å². The molecule has 86 valence electrons. The average molecular weight is 379 g/mol. The molecule has 1 heterocycles. The Hall–Kier alpha value is -0.530. The topological polar surface area (TPSA) is 70.8 Å². The molecule has 0 aliphatic rings. The van der Waals surface area contributed by atoms with Gasteiger partial charge in [0, 0.05) is 16.9 Å². The lowest BCUT2D eigenvalue weighted by atomic mass is 10.2. The first-order chi connectivity index (χ1) is 7.29. The molecule has 0 saturated carbocycles. The summed E-state index contributed by atoms with van der Waals surface area (Å²) >= 11 is 1.44. The van der Waals surface area contributed by atoms with Crippen LogP contribution in [-0.4, -0.2) is 13.4 Å². The van der Waals surface area contributed by atoms with E-state index in [4.69, 9.17) is 15.9 Å². The minimum atomic E-state index is -4.15. The third-order valence-electron chi connectivity index (χ3n) is 1.59. The van der Waals surface area contributed by atoms with Crippen molar-refractivity contribution in [3.05, 3.63) is 20.9 Å². The molecule has 0 amide bonds. The van der Waals surface area contributed by atoms with Gasteiger partial charge in [-0.3, -0.25) is 0 Å². The molecular weight excluding hydrogens is 377 g/mol. The van der Waals surface area contributed by atoms with Crippen LogP contribution in [0.5, 0.6) is 0 Å². The summed E-state index contributed by atoms with van der Waals surface area (Å²) in [6, 6.07) is 1.51. The molecule has 0 N–H and O–H groups in total. The highest BCUT2D eigenvalue weighted by atomic mass is 127. The van der Waals surface area contributed by atoms with Crippen molar-refractivity contribution in [1.82, 2.24) is 4.98 Å². The highest BCUT2D eigenvalue weighted by molar-refractivity contribution is 14.1. The second-order valence-corrected chi connectivity index (χ2v) is 6.12. The number of nitriles is 1. The van der Waals surface area contributed by atoms with Gasteiger partial charge in [-0.25, -0.2) is 22.2 Å². The Morgan fingerprint density at radius 1 is 1.56 bits per heavy atom. The smallest absolute Gasteiger partial charge is 0.242 e. The molecule has 0 spiro atoms. The summed E-state index contributed by atoms with van der Waals surface area (Å²) in [5.74, 6) is 0. The molecule has 0 fully saturated rings. The Kier molecular flexibility index (Phi) is 4.03. The number of alkyl halides is 2. The molecule has 1 aromatic heterocycles. The third kappa shape index (κ3) is 2.58. The fourth-order valence-electron chi connectivity index (χ4n) is 0.932. The van der Waals surface area contributed by atoms with Crippen LogP contribution < -0.4 is 0 Å². The summed E-state index contributed by atoms with van der Waals surface area (Å²) in [6.07, 6.45) is -2.26. The highest BCUT2D eigenvalue weighted by Gasteiger charge is 2.24. The van der Waals surface area contributed by atoms with Gasteiger partial charge in [-0.1, -0.05) is 0 Å². The summed E-state index contributed by atoms with van der Waals surface area (Å²) in [6.45, 7) is 0. The van der Waals surface area contributed by atoms with Crippen LogP contribution in [0.15, 0.2) is 11.2 Å². The van der Waals surface area contributed by atoms with Gasteiger partial charge in [-0.05, 0) is 22.6 Å². The molecule has 0 saturated heterocycles. The van der Waals surface area contributed by atoms with E-state index in [0.717, 1.165) is 0 Å². The van der Waals surface area contributed by atoms with Crippen molar-refractivity contribution in [2.24, 2.45) is 0 Å². The van der Waals surface area contributed by atoms with E-state index in [2.05, 4.69) is 4.98 Å². The van der Waals surface area contributed by atoms with Crippen LogP contribution in [0.4, 0.5) is 8.78 Å². The number of pyridine rings is 1. The van der Waals surface area contributed by atoms with Gasteiger partial charge in [0.1, 0.15) is 6.07 Å². The molecule has 0 aliphatic carbocycles. The lowest BCUT2D eigenvalue weighted by Crippen LogP contribution is -2.04. The van der Waals surface area contributed by atoms with E-state index in [9.17, 15) is 17.2 Å². The van der Waals surface area contributed by atoms with Crippen molar-refractivity contribution in [2.45, 2.75) is 11.5 Å². The number of halogens is 4. The molecule has 0 atom stereocenters. The van der Waals surface area contributed by atoms with Crippen molar-refractivity contribution in [1.29, 1.82) is 5.26 Å². The minimum absolute atomic E-state index is 0.201. The molecule has 0 aliphatic heterocycles. The predicted molar refractivity (Wildman–Crippen MR) is 59.7 cm³/mol. The molecule has 1 aromatic rings. The van der Waals surface area contributed by atoms with Crippen molar-refractivity contribution >= 4 is 42.3 Å². The summed E-state index contributed by atoms with van der Waals surface area (Å²) in [4.78, 5) is 3.32. The molecule has 4 nitrogen and oxygen atoms in total. The fraction of sp³-hybridized carbons (Fsp3) is 0.143. The van der Waals surface area contributed by atoms with Gasteiger partial charge < -0.3 is 0 Å².